The van der Waals surface area contributed by atoms with Gasteiger partial charge in [-0.25, -0.2) is 4.98 Å². The summed E-state index contributed by atoms with van der Waals surface area (Å²) in [6.45, 7) is 6.33. The van der Waals surface area contributed by atoms with E-state index in [1.807, 2.05) is 31.2 Å². The van der Waals surface area contributed by atoms with Crippen molar-refractivity contribution in [1.29, 1.82) is 0 Å². The standard InChI is InChI=1S/C23H27N3O3S/c1-5-6-7-21(27)26-23(30)25-17-13-16(9-10-19(17)28-4)22-24-18-12-15(14(2)3)8-11-20(18)29-22/h8-14H,5-7H2,1-4H3,(H2,25,26,27,30). The van der Waals surface area contributed by atoms with E-state index in [1.54, 1.807) is 7.11 Å². The highest BCUT2D eigenvalue weighted by molar-refractivity contribution is 7.80. The number of hydrogen-bond acceptors (Lipinski definition) is 5. The van der Waals surface area contributed by atoms with Crippen LogP contribution in [-0.4, -0.2) is 23.1 Å². The molecule has 2 N–H and O–H groups in total. The van der Waals surface area contributed by atoms with E-state index < -0.39 is 0 Å². The molecule has 1 amide bonds. The minimum absolute atomic E-state index is 0.107. The van der Waals surface area contributed by atoms with Gasteiger partial charge in [-0.3, -0.25) is 4.79 Å². The number of carbonyl (C=O) groups excluding carboxylic acids is 1. The second-order valence-corrected chi connectivity index (χ2v) is 7.83. The first-order chi connectivity index (χ1) is 14.4. The number of nitrogens with zero attached hydrogens (tertiary/aromatic N) is 1. The first-order valence-electron chi connectivity index (χ1n) is 10.1. The van der Waals surface area contributed by atoms with Gasteiger partial charge in [0.2, 0.25) is 11.8 Å². The summed E-state index contributed by atoms with van der Waals surface area (Å²) >= 11 is 5.28. The second-order valence-electron chi connectivity index (χ2n) is 7.42. The molecule has 1 heterocycles. The van der Waals surface area contributed by atoms with Crippen molar-refractivity contribution in [1.82, 2.24) is 10.3 Å². The number of thiocarbonyl (C=S) groups is 1. The van der Waals surface area contributed by atoms with Crippen LogP contribution in [0.5, 0.6) is 5.75 Å². The highest BCUT2D eigenvalue weighted by Gasteiger charge is 2.14. The lowest BCUT2D eigenvalue weighted by Crippen LogP contribution is -2.34. The fourth-order valence-electron chi connectivity index (χ4n) is 3.05. The minimum Gasteiger partial charge on any atom is -0.495 e. The van der Waals surface area contributed by atoms with Gasteiger partial charge < -0.3 is 19.8 Å². The van der Waals surface area contributed by atoms with Gasteiger partial charge in [-0.15, -0.1) is 0 Å². The maximum absolute atomic E-state index is 11.9. The third kappa shape index (κ3) is 5.16. The quantitative estimate of drug-likeness (QED) is 0.478. The topological polar surface area (TPSA) is 76.4 Å². The van der Waals surface area contributed by atoms with Crippen LogP contribution in [0.3, 0.4) is 0 Å². The average molecular weight is 426 g/mol. The van der Waals surface area contributed by atoms with E-state index in [4.69, 9.17) is 21.4 Å². The van der Waals surface area contributed by atoms with Crippen molar-refractivity contribution in [2.24, 2.45) is 0 Å². The van der Waals surface area contributed by atoms with Gasteiger partial charge in [0.05, 0.1) is 12.8 Å². The van der Waals surface area contributed by atoms with Crippen molar-refractivity contribution in [3.63, 3.8) is 0 Å². The Balaban J connectivity index is 1.84. The van der Waals surface area contributed by atoms with E-state index >= 15 is 0 Å². The molecular formula is C23H27N3O3S. The number of fused-ring (bicyclic) bond motifs is 1. The Hall–Kier alpha value is -2.93. The van der Waals surface area contributed by atoms with Crippen LogP contribution in [0.2, 0.25) is 0 Å². The molecule has 0 atom stereocenters. The third-order valence-electron chi connectivity index (χ3n) is 4.78. The molecule has 0 radical (unpaired) electrons. The molecule has 0 saturated carbocycles. The zero-order chi connectivity index (χ0) is 21.7. The van der Waals surface area contributed by atoms with Gasteiger partial charge >= 0.3 is 0 Å². The number of anilines is 1. The van der Waals surface area contributed by atoms with Crippen LogP contribution in [-0.2, 0) is 4.79 Å². The predicted molar refractivity (Wildman–Crippen MR) is 124 cm³/mol. The lowest BCUT2D eigenvalue weighted by molar-refractivity contribution is -0.119. The van der Waals surface area contributed by atoms with Crippen LogP contribution in [0.15, 0.2) is 40.8 Å². The second kappa shape index (κ2) is 9.71. The molecular weight excluding hydrogens is 398 g/mol. The maximum atomic E-state index is 11.9. The number of ether oxygens (including phenoxy) is 1. The number of rotatable bonds is 7. The number of amides is 1. The molecule has 30 heavy (non-hydrogen) atoms. The number of unbranched alkanes of at least 4 members (excludes halogenated alkanes) is 1. The summed E-state index contributed by atoms with van der Waals surface area (Å²) in [5.74, 6) is 1.42. The lowest BCUT2D eigenvalue weighted by Gasteiger charge is -2.13. The summed E-state index contributed by atoms with van der Waals surface area (Å²) in [7, 11) is 1.58. The molecule has 1 aromatic heterocycles. The van der Waals surface area contributed by atoms with Crippen LogP contribution in [0.4, 0.5) is 5.69 Å². The van der Waals surface area contributed by atoms with Gasteiger partial charge in [-0.1, -0.05) is 33.3 Å². The van der Waals surface area contributed by atoms with Crippen molar-refractivity contribution in [2.75, 3.05) is 12.4 Å². The third-order valence-corrected chi connectivity index (χ3v) is 4.99. The summed E-state index contributed by atoms with van der Waals surface area (Å²) in [5.41, 5.74) is 4.17. The van der Waals surface area contributed by atoms with E-state index in [9.17, 15) is 4.79 Å². The molecule has 3 rings (SSSR count). The highest BCUT2D eigenvalue weighted by Crippen LogP contribution is 2.32. The van der Waals surface area contributed by atoms with Crippen molar-refractivity contribution in [3.05, 3.63) is 42.0 Å². The molecule has 0 aliphatic carbocycles. The molecule has 0 spiro atoms. The molecule has 6 nitrogen and oxygen atoms in total. The first-order valence-corrected chi connectivity index (χ1v) is 10.5. The summed E-state index contributed by atoms with van der Waals surface area (Å²) in [4.78, 5) is 16.6. The monoisotopic (exact) mass is 425 g/mol. The Labute approximate surface area is 182 Å². The van der Waals surface area contributed by atoms with Crippen LogP contribution >= 0.6 is 12.2 Å². The Morgan fingerprint density at radius 1 is 1.23 bits per heavy atom. The van der Waals surface area contributed by atoms with Crippen molar-refractivity contribution in [2.45, 2.75) is 46.0 Å². The SMILES string of the molecule is CCCCC(=O)NC(=S)Nc1cc(-c2nc3cc(C(C)C)ccc3o2)ccc1OC. The summed E-state index contributed by atoms with van der Waals surface area (Å²) in [6, 6.07) is 11.6. The molecule has 0 bridgehead atoms. The predicted octanol–water partition coefficient (Wildman–Crippen LogP) is 5.63. The molecule has 2 aromatic carbocycles. The molecule has 7 heteroatoms. The number of oxazole rings is 1. The number of methoxy groups -OCH3 is 1. The van der Waals surface area contributed by atoms with E-state index in [0.29, 0.717) is 29.7 Å². The molecule has 0 saturated heterocycles. The number of nitrogens with one attached hydrogen (secondary N) is 2. The van der Waals surface area contributed by atoms with Gasteiger partial charge in [0.25, 0.3) is 0 Å². The minimum atomic E-state index is -0.107. The van der Waals surface area contributed by atoms with Gasteiger partial charge in [0.1, 0.15) is 11.3 Å². The zero-order valence-corrected chi connectivity index (χ0v) is 18.6. The number of benzene rings is 2. The number of hydrogen-bond donors (Lipinski definition) is 2. The van der Waals surface area contributed by atoms with Crippen molar-refractivity contribution >= 4 is 40.0 Å². The smallest absolute Gasteiger partial charge is 0.227 e. The zero-order valence-electron chi connectivity index (χ0n) is 17.7. The molecule has 3 aromatic rings. The Morgan fingerprint density at radius 3 is 2.73 bits per heavy atom. The normalized spacial score (nSPS) is 11.0. The van der Waals surface area contributed by atoms with Crippen LogP contribution in [0.25, 0.3) is 22.6 Å². The van der Waals surface area contributed by atoms with Crippen LogP contribution < -0.4 is 15.4 Å². The Kier molecular flexibility index (Phi) is 7.05. The molecule has 0 fully saturated rings. The Morgan fingerprint density at radius 2 is 2.03 bits per heavy atom. The number of carbonyl (C=O) groups is 1. The summed E-state index contributed by atoms with van der Waals surface area (Å²) in [5, 5.41) is 5.97. The maximum Gasteiger partial charge on any atom is 0.227 e. The van der Waals surface area contributed by atoms with E-state index in [1.165, 1.54) is 5.56 Å². The van der Waals surface area contributed by atoms with Gasteiger partial charge in [-0.2, -0.15) is 0 Å². The van der Waals surface area contributed by atoms with E-state index in [2.05, 4.69) is 41.6 Å². The van der Waals surface area contributed by atoms with E-state index in [-0.39, 0.29) is 11.0 Å². The largest absolute Gasteiger partial charge is 0.495 e. The van der Waals surface area contributed by atoms with Crippen LogP contribution in [0.1, 0.15) is 51.5 Å². The fourth-order valence-corrected chi connectivity index (χ4v) is 3.27. The summed E-state index contributed by atoms with van der Waals surface area (Å²) in [6.07, 6.45) is 2.22. The van der Waals surface area contributed by atoms with Gasteiger partial charge in [-0.05, 0) is 60.5 Å². The Bertz CT molecular complexity index is 1060. The fraction of sp³-hybridized carbons (Fsp3) is 0.348. The first kappa shape index (κ1) is 21.8. The molecule has 158 valence electrons. The van der Waals surface area contributed by atoms with E-state index in [0.717, 1.165) is 29.5 Å². The lowest BCUT2D eigenvalue weighted by atomic mass is 10.0. The van der Waals surface area contributed by atoms with Gasteiger partial charge in [0, 0.05) is 12.0 Å². The molecule has 0 unspecified atom stereocenters. The molecule has 0 aliphatic heterocycles. The molecule has 0 aliphatic rings. The van der Waals surface area contributed by atoms with Crippen LogP contribution in [0, 0.1) is 0 Å². The average Bonchev–Trinajstić information content (AvgIpc) is 3.15. The highest BCUT2D eigenvalue weighted by atomic mass is 32.1. The summed E-state index contributed by atoms with van der Waals surface area (Å²) < 4.78 is 11.4. The van der Waals surface area contributed by atoms with Gasteiger partial charge in [0.15, 0.2) is 10.7 Å². The van der Waals surface area contributed by atoms with Crippen molar-refractivity contribution < 1.29 is 13.9 Å². The van der Waals surface area contributed by atoms with Crippen molar-refractivity contribution in [3.8, 4) is 17.2 Å². The number of aromatic nitrogens is 1.